The van der Waals surface area contributed by atoms with Crippen molar-refractivity contribution in [3.8, 4) is 5.75 Å². The molecule has 0 bridgehead atoms. The number of benzene rings is 3. The molecule has 7 heteroatoms. The monoisotopic (exact) mass is 485 g/mol. The number of hydrogen-bond acceptors (Lipinski definition) is 5. The van der Waals surface area contributed by atoms with Gasteiger partial charge in [0.2, 0.25) is 5.91 Å². The lowest BCUT2D eigenvalue weighted by molar-refractivity contribution is -0.121. The molecule has 0 radical (unpaired) electrons. The van der Waals surface area contributed by atoms with Crippen molar-refractivity contribution in [1.82, 2.24) is 15.6 Å². The highest BCUT2D eigenvalue weighted by atomic mass is 32.1. The van der Waals surface area contributed by atoms with Crippen LogP contribution in [0.4, 0.5) is 0 Å². The Balaban J connectivity index is 1.26. The number of ether oxygens (including phenoxy) is 1. The molecule has 4 rings (SSSR count). The smallest absolute Gasteiger partial charge is 0.270 e. The summed E-state index contributed by atoms with van der Waals surface area (Å²) in [5, 5.41) is 8.19. The molecule has 0 unspecified atom stereocenters. The number of nitrogens with zero attached hydrogens (tertiary/aromatic N) is 1. The second-order valence-electron chi connectivity index (χ2n) is 8.03. The Morgan fingerprint density at radius 2 is 1.46 bits per heavy atom. The van der Waals surface area contributed by atoms with Crippen LogP contribution in [0.1, 0.15) is 38.1 Å². The molecule has 1 aromatic heterocycles. The van der Waals surface area contributed by atoms with Gasteiger partial charge in [-0.05, 0) is 30.2 Å². The molecule has 0 saturated heterocycles. The van der Waals surface area contributed by atoms with Gasteiger partial charge in [-0.25, -0.2) is 4.98 Å². The molecule has 0 aliphatic heterocycles. The van der Waals surface area contributed by atoms with E-state index in [0.29, 0.717) is 25.4 Å². The number of nitrogens with one attached hydrogen (secondary N) is 2. The molecular weight excluding hydrogens is 458 g/mol. The minimum Gasteiger partial charge on any atom is -0.486 e. The molecule has 2 N–H and O–H groups in total. The second kappa shape index (κ2) is 11.9. The van der Waals surface area contributed by atoms with Gasteiger partial charge in [0.15, 0.2) is 0 Å². The Morgan fingerprint density at radius 3 is 2.09 bits per heavy atom. The minimum absolute atomic E-state index is 0.110. The van der Waals surface area contributed by atoms with Gasteiger partial charge in [0.1, 0.15) is 23.1 Å². The number of amides is 2. The van der Waals surface area contributed by atoms with Crippen LogP contribution in [-0.4, -0.2) is 29.9 Å². The van der Waals surface area contributed by atoms with Gasteiger partial charge in [0.25, 0.3) is 5.91 Å². The van der Waals surface area contributed by atoms with Crippen LogP contribution in [0.25, 0.3) is 0 Å². The van der Waals surface area contributed by atoms with Crippen LogP contribution < -0.4 is 15.4 Å². The highest BCUT2D eigenvalue weighted by Crippen LogP contribution is 2.24. The van der Waals surface area contributed by atoms with E-state index in [-0.39, 0.29) is 11.8 Å². The normalized spacial score (nSPS) is 10.7. The van der Waals surface area contributed by atoms with E-state index in [1.54, 1.807) is 5.38 Å². The predicted octanol–water partition coefficient (Wildman–Crippen LogP) is 4.71. The summed E-state index contributed by atoms with van der Waals surface area (Å²) >= 11 is 1.38. The van der Waals surface area contributed by atoms with Crippen molar-refractivity contribution in [1.29, 1.82) is 0 Å². The molecule has 0 fully saturated rings. The Bertz CT molecular complexity index is 1200. The summed E-state index contributed by atoms with van der Waals surface area (Å²) in [6.07, 6.45) is 0. The van der Waals surface area contributed by atoms with Crippen molar-refractivity contribution in [3.63, 3.8) is 0 Å². The van der Waals surface area contributed by atoms with E-state index >= 15 is 0 Å². The highest BCUT2D eigenvalue weighted by Gasteiger charge is 2.22. The van der Waals surface area contributed by atoms with Gasteiger partial charge in [0, 0.05) is 18.5 Å². The molecule has 0 atom stereocenters. The Kier molecular flexibility index (Phi) is 8.25. The van der Waals surface area contributed by atoms with E-state index in [0.717, 1.165) is 27.4 Å². The van der Waals surface area contributed by atoms with Gasteiger partial charge in [-0.1, -0.05) is 78.4 Å². The van der Waals surface area contributed by atoms with Crippen LogP contribution in [-0.2, 0) is 11.4 Å². The first kappa shape index (κ1) is 24.2. The van der Waals surface area contributed by atoms with Crippen LogP contribution in [0.2, 0.25) is 0 Å². The first-order chi connectivity index (χ1) is 17.1. The van der Waals surface area contributed by atoms with Crippen LogP contribution in [0.5, 0.6) is 5.75 Å². The van der Waals surface area contributed by atoms with Crippen LogP contribution in [0.3, 0.4) is 0 Å². The van der Waals surface area contributed by atoms with Crippen LogP contribution >= 0.6 is 11.3 Å². The van der Waals surface area contributed by atoms with E-state index < -0.39 is 5.92 Å². The van der Waals surface area contributed by atoms with Crippen molar-refractivity contribution in [3.05, 3.63) is 118 Å². The van der Waals surface area contributed by atoms with Crippen molar-refractivity contribution in [2.24, 2.45) is 0 Å². The molecule has 0 aliphatic carbocycles. The largest absolute Gasteiger partial charge is 0.486 e. The molecular formula is C28H27N3O3S. The number of aryl methyl sites for hydroxylation is 1. The molecule has 2 amide bonds. The minimum atomic E-state index is -0.414. The Labute approximate surface area is 209 Å². The predicted molar refractivity (Wildman–Crippen MR) is 138 cm³/mol. The second-order valence-corrected chi connectivity index (χ2v) is 8.97. The van der Waals surface area contributed by atoms with Crippen molar-refractivity contribution in [2.75, 3.05) is 13.1 Å². The molecule has 178 valence electrons. The van der Waals surface area contributed by atoms with Gasteiger partial charge in [-0.2, -0.15) is 0 Å². The number of carbonyl (C=O) groups excluding carboxylic acids is 2. The first-order valence-electron chi connectivity index (χ1n) is 11.4. The quantitative estimate of drug-likeness (QED) is 0.319. The van der Waals surface area contributed by atoms with Gasteiger partial charge in [-0.15, -0.1) is 11.3 Å². The average Bonchev–Trinajstić information content (AvgIpc) is 3.37. The molecule has 0 spiro atoms. The van der Waals surface area contributed by atoms with Crippen molar-refractivity contribution >= 4 is 23.2 Å². The molecule has 1 heterocycles. The summed E-state index contributed by atoms with van der Waals surface area (Å²) in [5.41, 5.74) is 3.35. The fourth-order valence-electron chi connectivity index (χ4n) is 3.60. The summed E-state index contributed by atoms with van der Waals surface area (Å²) in [6, 6.07) is 27.1. The van der Waals surface area contributed by atoms with E-state index in [1.807, 2.05) is 91.9 Å². The third kappa shape index (κ3) is 6.77. The lowest BCUT2D eigenvalue weighted by Gasteiger charge is -2.18. The van der Waals surface area contributed by atoms with E-state index in [2.05, 4.69) is 15.6 Å². The highest BCUT2D eigenvalue weighted by molar-refractivity contribution is 7.09. The molecule has 0 aliphatic rings. The van der Waals surface area contributed by atoms with Crippen molar-refractivity contribution < 1.29 is 14.3 Å². The lowest BCUT2D eigenvalue weighted by atomic mass is 9.90. The topological polar surface area (TPSA) is 80.3 Å². The molecule has 3 aromatic carbocycles. The maximum absolute atomic E-state index is 13.0. The Morgan fingerprint density at radius 1 is 0.857 bits per heavy atom. The SMILES string of the molecule is Cc1ccc(OCc2nc(C(=O)NCCNC(=O)C(c3ccccc3)c3ccccc3)cs2)cc1. The third-order valence-electron chi connectivity index (χ3n) is 5.41. The first-order valence-corrected chi connectivity index (χ1v) is 12.3. The van der Waals surface area contributed by atoms with Gasteiger partial charge in [0.05, 0.1) is 5.92 Å². The molecule has 6 nitrogen and oxygen atoms in total. The molecule has 4 aromatic rings. The summed E-state index contributed by atoms with van der Waals surface area (Å²) in [6.45, 7) is 2.94. The van der Waals surface area contributed by atoms with Gasteiger partial charge < -0.3 is 15.4 Å². The summed E-state index contributed by atoms with van der Waals surface area (Å²) in [4.78, 5) is 29.9. The number of carbonyl (C=O) groups is 2. The fraction of sp³-hybridized carbons (Fsp3) is 0.179. The van der Waals surface area contributed by atoms with E-state index in [1.165, 1.54) is 11.3 Å². The number of aromatic nitrogens is 1. The maximum atomic E-state index is 13.0. The van der Waals surface area contributed by atoms with Gasteiger partial charge >= 0.3 is 0 Å². The molecule has 35 heavy (non-hydrogen) atoms. The maximum Gasteiger partial charge on any atom is 0.270 e. The zero-order valence-corrected chi connectivity index (χ0v) is 20.3. The fourth-order valence-corrected chi connectivity index (χ4v) is 4.29. The van der Waals surface area contributed by atoms with E-state index in [4.69, 9.17) is 4.74 Å². The third-order valence-corrected chi connectivity index (χ3v) is 6.23. The van der Waals surface area contributed by atoms with E-state index in [9.17, 15) is 9.59 Å². The van der Waals surface area contributed by atoms with Crippen LogP contribution in [0.15, 0.2) is 90.3 Å². The number of thiazole rings is 1. The Hall–Kier alpha value is -3.97. The number of rotatable bonds is 10. The zero-order valence-electron chi connectivity index (χ0n) is 19.4. The van der Waals surface area contributed by atoms with Crippen molar-refractivity contribution in [2.45, 2.75) is 19.4 Å². The van der Waals surface area contributed by atoms with Crippen LogP contribution in [0, 0.1) is 6.92 Å². The average molecular weight is 486 g/mol. The zero-order chi connectivity index (χ0) is 24.5. The number of hydrogen-bond donors (Lipinski definition) is 2. The standard InChI is InChI=1S/C28H27N3O3S/c1-20-12-14-23(15-13-20)34-18-25-31-24(19-35-25)27(32)29-16-17-30-28(33)26(21-8-4-2-5-9-21)22-10-6-3-7-11-22/h2-15,19,26H,16-18H2,1H3,(H,29,32)(H,30,33). The molecule has 0 saturated carbocycles. The summed E-state index contributed by atoms with van der Waals surface area (Å²) < 4.78 is 5.73. The summed E-state index contributed by atoms with van der Waals surface area (Å²) in [5.74, 6) is -0.0415. The van der Waals surface area contributed by atoms with Gasteiger partial charge in [-0.3, -0.25) is 9.59 Å². The summed E-state index contributed by atoms with van der Waals surface area (Å²) in [7, 11) is 0. The lowest BCUT2D eigenvalue weighted by Crippen LogP contribution is -2.37.